The van der Waals surface area contributed by atoms with Gasteiger partial charge in [0.1, 0.15) is 5.60 Å². The third-order valence-electron chi connectivity index (χ3n) is 5.73. The van der Waals surface area contributed by atoms with E-state index in [4.69, 9.17) is 9.47 Å². The molecule has 4 aliphatic carbocycles. The highest BCUT2D eigenvalue weighted by Crippen LogP contribution is 2.64. The first-order valence-corrected chi connectivity index (χ1v) is 8.27. The van der Waals surface area contributed by atoms with Crippen LogP contribution in [0.3, 0.4) is 0 Å². The minimum atomic E-state index is -0.837. The first-order valence-electron chi connectivity index (χ1n) is 8.27. The molecule has 3 nitrogen and oxygen atoms in total. The van der Waals surface area contributed by atoms with Crippen LogP contribution in [0, 0.1) is 23.2 Å². The molecule has 0 aromatic carbocycles. The fraction of sp³-hybridized carbons (Fsp3) is 1.00. The van der Waals surface area contributed by atoms with Gasteiger partial charge in [-0.2, -0.15) is 0 Å². The molecule has 4 saturated carbocycles. The van der Waals surface area contributed by atoms with E-state index in [0.717, 1.165) is 17.8 Å². The van der Waals surface area contributed by atoms with Crippen LogP contribution in [-0.4, -0.2) is 29.7 Å². The molecule has 4 fully saturated rings. The van der Waals surface area contributed by atoms with Gasteiger partial charge in [-0.1, -0.05) is 0 Å². The van der Waals surface area contributed by atoms with E-state index >= 15 is 0 Å². The van der Waals surface area contributed by atoms with E-state index in [1.807, 2.05) is 27.7 Å². The van der Waals surface area contributed by atoms with Crippen LogP contribution in [0.1, 0.15) is 59.8 Å². The lowest BCUT2D eigenvalue weighted by molar-refractivity contribution is -0.241. The van der Waals surface area contributed by atoms with Gasteiger partial charge in [-0.25, -0.2) is 0 Å². The molecule has 20 heavy (non-hydrogen) atoms. The van der Waals surface area contributed by atoms with Crippen LogP contribution < -0.4 is 0 Å². The highest BCUT2D eigenvalue weighted by molar-refractivity contribution is 5.05. The zero-order chi connectivity index (χ0) is 14.5. The zero-order valence-electron chi connectivity index (χ0n) is 13.4. The third-order valence-corrected chi connectivity index (χ3v) is 5.73. The molecule has 3 heteroatoms. The van der Waals surface area contributed by atoms with Crippen LogP contribution in [0.2, 0.25) is 0 Å². The number of ether oxygens (including phenoxy) is 2. The van der Waals surface area contributed by atoms with Gasteiger partial charge in [-0.3, -0.25) is 0 Å². The van der Waals surface area contributed by atoms with Crippen molar-refractivity contribution in [2.75, 3.05) is 6.61 Å². The van der Waals surface area contributed by atoms with Gasteiger partial charge in [0.2, 0.25) is 0 Å². The molecule has 0 heterocycles. The minimum absolute atomic E-state index is 0.0969. The summed E-state index contributed by atoms with van der Waals surface area (Å²) in [6.07, 6.45) is 6.14. The Morgan fingerprint density at radius 1 is 1.15 bits per heavy atom. The van der Waals surface area contributed by atoms with E-state index in [1.165, 1.54) is 32.1 Å². The highest BCUT2D eigenvalue weighted by Gasteiger charge is 2.56. The molecule has 0 amide bonds. The van der Waals surface area contributed by atoms with E-state index in [0.29, 0.717) is 12.0 Å². The van der Waals surface area contributed by atoms with Crippen LogP contribution in [0.15, 0.2) is 0 Å². The van der Waals surface area contributed by atoms with Gasteiger partial charge < -0.3 is 14.6 Å². The Morgan fingerprint density at radius 3 is 2.25 bits per heavy atom. The molecule has 5 atom stereocenters. The molecule has 4 aliphatic rings. The monoisotopic (exact) mass is 282 g/mol. The van der Waals surface area contributed by atoms with Crippen molar-refractivity contribution >= 4 is 0 Å². The van der Waals surface area contributed by atoms with E-state index in [-0.39, 0.29) is 6.10 Å². The maximum absolute atomic E-state index is 10.3. The van der Waals surface area contributed by atoms with E-state index in [2.05, 4.69) is 0 Å². The zero-order valence-corrected chi connectivity index (χ0v) is 13.4. The Hall–Kier alpha value is -0.120. The maximum Gasteiger partial charge on any atom is 0.183 e. The van der Waals surface area contributed by atoms with Crippen molar-refractivity contribution in [2.24, 2.45) is 23.2 Å². The van der Waals surface area contributed by atoms with Gasteiger partial charge in [0.05, 0.1) is 12.7 Å². The Balaban J connectivity index is 1.55. The molecular weight excluding hydrogens is 252 g/mol. The molecule has 3 unspecified atom stereocenters. The lowest BCUT2D eigenvalue weighted by Crippen LogP contribution is -2.45. The Bertz CT molecular complexity index is 344. The molecule has 116 valence electrons. The standard InChI is InChI=1S/C17H30O3/c1-11(2)20-16(3,4)15(18)19-10-17-7-12-5-13(8-17)14(6-12)9-17/h11-15,18H,5-10H2,1-4H3/t12?,13-,14?,15-,17?/m1/s1. The molecule has 0 radical (unpaired) electrons. The maximum atomic E-state index is 10.3. The summed E-state index contributed by atoms with van der Waals surface area (Å²) in [7, 11) is 0. The molecule has 0 aliphatic heterocycles. The van der Waals surface area contributed by atoms with Gasteiger partial charge in [-0.15, -0.1) is 0 Å². The minimum Gasteiger partial charge on any atom is -0.368 e. The van der Waals surface area contributed by atoms with Gasteiger partial charge in [0.15, 0.2) is 6.29 Å². The second kappa shape index (κ2) is 4.96. The summed E-state index contributed by atoms with van der Waals surface area (Å²) < 4.78 is 11.6. The summed E-state index contributed by atoms with van der Waals surface area (Å²) in [4.78, 5) is 0. The molecule has 0 spiro atoms. The second-order valence-corrected chi connectivity index (χ2v) is 8.40. The fourth-order valence-electron chi connectivity index (χ4n) is 5.28. The number of aliphatic hydroxyl groups excluding tert-OH is 1. The largest absolute Gasteiger partial charge is 0.368 e. The van der Waals surface area contributed by atoms with Gasteiger partial charge >= 0.3 is 0 Å². The lowest BCUT2D eigenvalue weighted by atomic mass is 9.70. The predicted molar refractivity (Wildman–Crippen MR) is 78.2 cm³/mol. The summed E-state index contributed by atoms with van der Waals surface area (Å²) in [5, 5.41) is 10.3. The quantitative estimate of drug-likeness (QED) is 0.759. The average molecular weight is 282 g/mol. The summed E-state index contributed by atoms with van der Waals surface area (Å²) >= 11 is 0. The Morgan fingerprint density at radius 2 is 1.75 bits per heavy atom. The van der Waals surface area contributed by atoms with Crippen molar-refractivity contribution in [1.82, 2.24) is 0 Å². The number of aliphatic hydroxyl groups is 1. The van der Waals surface area contributed by atoms with Crippen molar-refractivity contribution in [3.8, 4) is 0 Å². The number of hydrogen-bond acceptors (Lipinski definition) is 3. The van der Waals surface area contributed by atoms with E-state index in [1.54, 1.807) is 0 Å². The summed E-state index contributed by atoms with van der Waals surface area (Å²) in [6.45, 7) is 8.51. The SMILES string of the molecule is CC(C)OC(C)(C)[C@H](O)OCC12CC3CC(C1)[C@H](C3)C2. The predicted octanol–water partition coefficient (Wildman–Crippen LogP) is 3.35. The first-order chi connectivity index (χ1) is 9.30. The highest BCUT2D eigenvalue weighted by atomic mass is 16.6. The van der Waals surface area contributed by atoms with Gasteiger partial charge in [0, 0.05) is 0 Å². The normalized spacial score (nSPS) is 40.8. The van der Waals surface area contributed by atoms with Crippen molar-refractivity contribution < 1.29 is 14.6 Å². The van der Waals surface area contributed by atoms with Crippen molar-refractivity contribution in [1.29, 1.82) is 0 Å². The van der Waals surface area contributed by atoms with Crippen LogP contribution in [0.25, 0.3) is 0 Å². The van der Waals surface area contributed by atoms with E-state index < -0.39 is 11.9 Å². The summed E-state index contributed by atoms with van der Waals surface area (Å²) in [5.41, 5.74) is -0.272. The van der Waals surface area contributed by atoms with Crippen molar-refractivity contribution in [2.45, 2.75) is 77.8 Å². The third kappa shape index (κ3) is 2.65. The molecule has 0 aromatic rings. The lowest BCUT2D eigenvalue weighted by Gasteiger charge is -2.40. The summed E-state index contributed by atoms with van der Waals surface area (Å²) in [6, 6.07) is 0. The second-order valence-electron chi connectivity index (χ2n) is 8.40. The fourth-order valence-corrected chi connectivity index (χ4v) is 5.28. The average Bonchev–Trinajstić information content (AvgIpc) is 2.72. The van der Waals surface area contributed by atoms with Crippen LogP contribution in [-0.2, 0) is 9.47 Å². The van der Waals surface area contributed by atoms with Crippen molar-refractivity contribution in [3.05, 3.63) is 0 Å². The Labute approximate surface area is 123 Å². The van der Waals surface area contributed by atoms with Crippen molar-refractivity contribution in [3.63, 3.8) is 0 Å². The molecule has 4 bridgehead atoms. The van der Waals surface area contributed by atoms with Crippen LogP contribution >= 0.6 is 0 Å². The molecule has 1 N–H and O–H groups in total. The Kier molecular flexibility index (Phi) is 3.67. The molecule has 0 saturated heterocycles. The number of rotatable bonds is 6. The van der Waals surface area contributed by atoms with Gasteiger partial charge in [-0.05, 0) is 83.0 Å². The van der Waals surface area contributed by atoms with Crippen LogP contribution in [0.5, 0.6) is 0 Å². The topological polar surface area (TPSA) is 38.7 Å². The van der Waals surface area contributed by atoms with E-state index in [9.17, 15) is 5.11 Å². The van der Waals surface area contributed by atoms with Crippen LogP contribution in [0.4, 0.5) is 0 Å². The number of hydrogen-bond donors (Lipinski definition) is 1. The molecule has 0 aromatic heterocycles. The molecular formula is C17H30O3. The molecule has 4 rings (SSSR count). The first kappa shape index (κ1) is 14.8. The van der Waals surface area contributed by atoms with Gasteiger partial charge in [0.25, 0.3) is 0 Å². The summed E-state index contributed by atoms with van der Waals surface area (Å²) in [5.74, 6) is 2.84. The smallest absolute Gasteiger partial charge is 0.183 e.